The Morgan fingerprint density at radius 3 is 2.63 bits per heavy atom. The van der Waals surface area contributed by atoms with Crippen LogP contribution in [0.1, 0.15) is 18.1 Å². The highest BCUT2D eigenvalue weighted by atomic mass is 35.5. The van der Waals surface area contributed by atoms with Crippen LogP contribution < -0.4 is 5.73 Å². The second-order valence-electron chi connectivity index (χ2n) is 4.91. The summed E-state index contributed by atoms with van der Waals surface area (Å²) in [5.74, 6) is -0.658. The highest BCUT2D eigenvalue weighted by Crippen LogP contribution is 2.24. The molecule has 0 aromatic heterocycles. The number of alkyl halides is 1. The van der Waals surface area contributed by atoms with Gasteiger partial charge in [-0.05, 0) is 11.1 Å². The van der Waals surface area contributed by atoms with Crippen LogP contribution in [0.25, 0.3) is 0 Å². The number of halogens is 1. The maximum Gasteiger partial charge on any atom is 0.240 e. The fourth-order valence-corrected chi connectivity index (χ4v) is 2.49. The topological polar surface area (TPSA) is 63.4 Å². The molecule has 2 atom stereocenters. The summed E-state index contributed by atoms with van der Waals surface area (Å²) in [7, 11) is 0. The summed E-state index contributed by atoms with van der Waals surface area (Å²) in [5, 5.41) is 0. The van der Waals surface area contributed by atoms with E-state index in [0.29, 0.717) is 13.0 Å². The second kappa shape index (κ2) is 5.61. The van der Waals surface area contributed by atoms with E-state index in [4.69, 9.17) is 17.3 Å². The fourth-order valence-electron chi connectivity index (χ4n) is 2.36. The number of hydrogen-bond acceptors (Lipinski definition) is 2. The molecule has 0 radical (unpaired) electrons. The van der Waals surface area contributed by atoms with Gasteiger partial charge in [-0.25, -0.2) is 0 Å². The molecular weight excluding hydrogens is 264 g/mol. The van der Waals surface area contributed by atoms with Gasteiger partial charge in [-0.1, -0.05) is 31.2 Å². The number of hydrogen-bond donors (Lipinski definition) is 1. The molecule has 1 unspecified atom stereocenters. The number of nitrogens with two attached hydrogens (primary N) is 1. The maximum absolute atomic E-state index is 12.3. The monoisotopic (exact) mass is 280 g/mol. The van der Waals surface area contributed by atoms with E-state index in [2.05, 4.69) is 0 Å². The first-order valence-corrected chi connectivity index (χ1v) is 6.80. The number of amides is 2. The Morgan fingerprint density at radius 1 is 1.42 bits per heavy atom. The average Bonchev–Trinajstić information content (AvgIpc) is 2.44. The molecule has 0 aliphatic carbocycles. The van der Waals surface area contributed by atoms with Crippen molar-refractivity contribution in [3.8, 4) is 0 Å². The molecule has 19 heavy (non-hydrogen) atoms. The van der Waals surface area contributed by atoms with Gasteiger partial charge in [0.15, 0.2) is 0 Å². The van der Waals surface area contributed by atoms with Crippen molar-refractivity contribution in [3.05, 3.63) is 35.4 Å². The molecule has 5 heteroatoms. The van der Waals surface area contributed by atoms with E-state index in [-0.39, 0.29) is 17.7 Å². The van der Waals surface area contributed by atoms with Crippen molar-refractivity contribution in [1.29, 1.82) is 0 Å². The van der Waals surface area contributed by atoms with Crippen molar-refractivity contribution >= 4 is 23.4 Å². The summed E-state index contributed by atoms with van der Waals surface area (Å²) in [5.41, 5.74) is 7.57. The van der Waals surface area contributed by atoms with Gasteiger partial charge < -0.3 is 10.6 Å². The van der Waals surface area contributed by atoms with Gasteiger partial charge in [0, 0.05) is 24.8 Å². The molecule has 1 aromatic carbocycles. The summed E-state index contributed by atoms with van der Waals surface area (Å²) < 4.78 is 0. The van der Waals surface area contributed by atoms with E-state index in [1.54, 1.807) is 11.8 Å². The Bertz CT molecular complexity index is 504. The van der Waals surface area contributed by atoms with Crippen LogP contribution in [-0.2, 0) is 22.6 Å². The molecule has 102 valence electrons. The SMILES string of the molecule is CC(CCl)C(=O)N1Cc2ccccc2C[C@H]1C(N)=O. The largest absolute Gasteiger partial charge is 0.368 e. The van der Waals surface area contributed by atoms with Crippen molar-refractivity contribution < 1.29 is 9.59 Å². The van der Waals surface area contributed by atoms with Crippen LogP contribution in [0.2, 0.25) is 0 Å². The first-order chi connectivity index (χ1) is 9.04. The third kappa shape index (κ3) is 2.73. The lowest BCUT2D eigenvalue weighted by Gasteiger charge is -2.36. The van der Waals surface area contributed by atoms with Gasteiger partial charge in [-0.3, -0.25) is 9.59 Å². The molecule has 2 N–H and O–H groups in total. The zero-order chi connectivity index (χ0) is 14.0. The normalized spacial score (nSPS) is 19.7. The van der Waals surface area contributed by atoms with Crippen LogP contribution in [0.5, 0.6) is 0 Å². The van der Waals surface area contributed by atoms with Crippen molar-refractivity contribution in [2.45, 2.75) is 25.9 Å². The van der Waals surface area contributed by atoms with Crippen LogP contribution >= 0.6 is 11.6 Å². The van der Waals surface area contributed by atoms with Gasteiger partial charge >= 0.3 is 0 Å². The molecule has 1 aliphatic heterocycles. The van der Waals surface area contributed by atoms with Gasteiger partial charge in [-0.15, -0.1) is 11.6 Å². The Kier molecular flexibility index (Phi) is 4.10. The number of benzene rings is 1. The van der Waals surface area contributed by atoms with Crippen molar-refractivity contribution in [2.75, 3.05) is 5.88 Å². The third-order valence-corrected chi connectivity index (χ3v) is 3.98. The van der Waals surface area contributed by atoms with Crippen LogP contribution in [0.3, 0.4) is 0 Å². The molecule has 0 bridgehead atoms. The standard InChI is InChI=1S/C14H17ClN2O2/c1-9(7-15)14(19)17-8-11-5-3-2-4-10(11)6-12(17)13(16)18/h2-5,9,12H,6-8H2,1H3,(H2,16,18)/t9?,12-/m0/s1. The van der Waals surface area contributed by atoms with Gasteiger partial charge in [0.1, 0.15) is 6.04 Å². The smallest absolute Gasteiger partial charge is 0.240 e. The molecule has 0 fully saturated rings. The first kappa shape index (κ1) is 13.9. The predicted molar refractivity (Wildman–Crippen MR) is 73.6 cm³/mol. The Morgan fingerprint density at radius 2 is 2.05 bits per heavy atom. The fraction of sp³-hybridized carbons (Fsp3) is 0.429. The molecule has 0 saturated carbocycles. The number of nitrogens with zero attached hydrogens (tertiary/aromatic N) is 1. The second-order valence-corrected chi connectivity index (χ2v) is 5.22. The van der Waals surface area contributed by atoms with Crippen LogP contribution in [-0.4, -0.2) is 28.6 Å². The predicted octanol–water partition coefficient (Wildman–Crippen LogP) is 1.30. The molecule has 2 rings (SSSR count). The summed E-state index contributed by atoms with van der Waals surface area (Å²) in [6.45, 7) is 2.18. The zero-order valence-corrected chi connectivity index (χ0v) is 11.6. The minimum absolute atomic E-state index is 0.117. The van der Waals surface area contributed by atoms with Gasteiger partial charge in [0.25, 0.3) is 0 Å². The minimum atomic E-state index is -0.576. The molecule has 0 saturated heterocycles. The van der Waals surface area contributed by atoms with Gasteiger partial charge in [-0.2, -0.15) is 0 Å². The van der Waals surface area contributed by atoms with E-state index < -0.39 is 11.9 Å². The van der Waals surface area contributed by atoms with Gasteiger partial charge in [0.2, 0.25) is 11.8 Å². The lowest BCUT2D eigenvalue weighted by molar-refractivity contribution is -0.143. The van der Waals surface area contributed by atoms with E-state index >= 15 is 0 Å². The molecule has 2 amide bonds. The number of primary amides is 1. The number of rotatable bonds is 3. The summed E-state index contributed by atoms with van der Waals surface area (Å²) in [6, 6.07) is 7.22. The molecular formula is C14H17ClN2O2. The van der Waals surface area contributed by atoms with Crippen LogP contribution in [0.15, 0.2) is 24.3 Å². The quantitative estimate of drug-likeness (QED) is 0.848. The van der Waals surface area contributed by atoms with E-state index in [1.807, 2.05) is 24.3 Å². The van der Waals surface area contributed by atoms with Crippen molar-refractivity contribution in [3.63, 3.8) is 0 Å². The third-order valence-electron chi connectivity index (χ3n) is 3.51. The number of fused-ring (bicyclic) bond motifs is 1. The lowest BCUT2D eigenvalue weighted by atomic mass is 9.92. The Balaban J connectivity index is 2.31. The molecule has 1 aromatic rings. The molecule has 0 spiro atoms. The minimum Gasteiger partial charge on any atom is -0.368 e. The zero-order valence-electron chi connectivity index (χ0n) is 10.8. The maximum atomic E-state index is 12.3. The van der Waals surface area contributed by atoms with Gasteiger partial charge in [0.05, 0.1) is 0 Å². The molecule has 4 nitrogen and oxygen atoms in total. The van der Waals surface area contributed by atoms with Crippen molar-refractivity contribution in [1.82, 2.24) is 4.90 Å². The average molecular weight is 281 g/mol. The summed E-state index contributed by atoms with van der Waals surface area (Å²) >= 11 is 5.73. The van der Waals surface area contributed by atoms with E-state index in [0.717, 1.165) is 11.1 Å². The Labute approximate surface area is 117 Å². The van der Waals surface area contributed by atoms with Crippen LogP contribution in [0, 0.1) is 5.92 Å². The lowest BCUT2D eigenvalue weighted by Crippen LogP contribution is -2.52. The van der Waals surface area contributed by atoms with E-state index in [9.17, 15) is 9.59 Å². The Hall–Kier alpha value is -1.55. The highest BCUT2D eigenvalue weighted by molar-refractivity contribution is 6.19. The summed E-state index contributed by atoms with van der Waals surface area (Å²) in [4.78, 5) is 25.4. The van der Waals surface area contributed by atoms with Crippen LogP contribution in [0.4, 0.5) is 0 Å². The van der Waals surface area contributed by atoms with Crippen molar-refractivity contribution in [2.24, 2.45) is 11.7 Å². The number of carbonyl (C=O) groups is 2. The highest BCUT2D eigenvalue weighted by Gasteiger charge is 2.34. The first-order valence-electron chi connectivity index (χ1n) is 6.27. The number of carbonyl (C=O) groups excluding carboxylic acids is 2. The van der Waals surface area contributed by atoms with E-state index in [1.165, 1.54) is 0 Å². The molecule has 1 aliphatic rings. The summed E-state index contributed by atoms with van der Waals surface area (Å²) in [6.07, 6.45) is 0.478. The molecule has 1 heterocycles.